The molecule has 7 nitrogen and oxygen atoms in total. The number of amides is 1. The van der Waals surface area contributed by atoms with Crippen LogP contribution >= 0.6 is 12.4 Å². The summed E-state index contributed by atoms with van der Waals surface area (Å²) in [4.78, 5) is 25.5. The van der Waals surface area contributed by atoms with E-state index in [1.807, 2.05) is 13.8 Å². The van der Waals surface area contributed by atoms with E-state index in [-0.39, 0.29) is 48.0 Å². The van der Waals surface area contributed by atoms with E-state index in [1.54, 1.807) is 4.90 Å². The van der Waals surface area contributed by atoms with E-state index >= 15 is 0 Å². The summed E-state index contributed by atoms with van der Waals surface area (Å²) in [5.41, 5.74) is 6.47. The Morgan fingerprint density at radius 2 is 1.63 bits per heavy atom. The lowest BCUT2D eigenvalue weighted by atomic mass is 9.99. The van der Waals surface area contributed by atoms with Crippen LogP contribution in [-0.4, -0.2) is 61.5 Å². The van der Waals surface area contributed by atoms with Crippen LogP contribution in [-0.2, 0) is 14.8 Å². The number of carbonyl (C=O) groups is 2. The number of hydrogen-bond donors (Lipinski definition) is 1. The molecule has 2 rings (SSSR count). The molecule has 152 valence electrons. The number of ketones is 1. The van der Waals surface area contributed by atoms with Gasteiger partial charge in [-0.2, -0.15) is 4.31 Å². The van der Waals surface area contributed by atoms with E-state index in [2.05, 4.69) is 0 Å². The summed E-state index contributed by atoms with van der Waals surface area (Å²) in [5.74, 6) is -0.148. The standard InChI is InChI=1S/C18H27N3O4S.ClH/c1-4-13(2)17(19)18(23)20-9-11-21(12-10-20)26(24,25)16-7-5-15(6-8-16)14(3)22;/h5-8,13,17H,4,9-12,19H2,1-3H3;1H. The predicted molar refractivity (Wildman–Crippen MR) is 106 cm³/mol. The zero-order valence-corrected chi connectivity index (χ0v) is 17.6. The zero-order chi connectivity index (χ0) is 19.5. The topological polar surface area (TPSA) is 101 Å². The van der Waals surface area contributed by atoms with E-state index in [4.69, 9.17) is 5.73 Å². The molecule has 1 amide bonds. The van der Waals surface area contributed by atoms with Crippen molar-refractivity contribution in [1.29, 1.82) is 0 Å². The Bertz CT molecular complexity index is 759. The molecule has 1 aliphatic rings. The smallest absolute Gasteiger partial charge is 0.243 e. The Balaban J connectivity index is 0.00000364. The van der Waals surface area contributed by atoms with Crippen LogP contribution in [0.15, 0.2) is 29.2 Å². The first kappa shape index (κ1) is 23.6. The monoisotopic (exact) mass is 417 g/mol. The second kappa shape index (κ2) is 9.64. The van der Waals surface area contributed by atoms with Gasteiger partial charge in [0.05, 0.1) is 10.9 Å². The maximum atomic E-state index is 12.7. The van der Waals surface area contributed by atoms with Crippen molar-refractivity contribution in [3.63, 3.8) is 0 Å². The van der Waals surface area contributed by atoms with Gasteiger partial charge in [-0.1, -0.05) is 32.4 Å². The minimum absolute atomic E-state index is 0. The molecule has 0 aliphatic carbocycles. The number of rotatable bonds is 6. The SMILES string of the molecule is CCC(C)C(N)C(=O)N1CCN(S(=O)(=O)c2ccc(C(C)=O)cc2)CC1.Cl. The van der Waals surface area contributed by atoms with Crippen LogP contribution in [0.2, 0.25) is 0 Å². The first-order valence-electron chi connectivity index (χ1n) is 8.84. The molecule has 1 heterocycles. The molecule has 1 saturated heterocycles. The highest BCUT2D eigenvalue weighted by Crippen LogP contribution is 2.19. The zero-order valence-electron chi connectivity index (χ0n) is 15.9. The molecular formula is C18H28ClN3O4S. The van der Waals surface area contributed by atoms with Crippen LogP contribution in [0.5, 0.6) is 0 Å². The number of carbonyl (C=O) groups excluding carboxylic acids is 2. The summed E-state index contributed by atoms with van der Waals surface area (Å²) in [5, 5.41) is 0. The number of halogens is 1. The average molecular weight is 418 g/mol. The highest BCUT2D eigenvalue weighted by molar-refractivity contribution is 7.89. The molecule has 0 aromatic heterocycles. The van der Waals surface area contributed by atoms with Gasteiger partial charge in [-0.25, -0.2) is 8.42 Å². The van der Waals surface area contributed by atoms with Gasteiger partial charge in [-0.05, 0) is 25.0 Å². The van der Waals surface area contributed by atoms with Crippen molar-refractivity contribution in [3.8, 4) is 0 Å². The van der Waals surface area contributed by atoms with Gasteiger partial charge in [0.15, 0.2) is 5.78 Å². The molecule has 0 saturated carbocycles. The third-order valence-corrected chi connectivity index (χ3v) is 6.90. The summed E-state index contributed by atoms with van der Waals surface area (Å²) in [7, 11) is -3.64. The summed E-state index contributed by atoms with van der Waals surface area (Å²) < 4.78 is 26.9. The van der Waals surface area contributed by atoms with Gasteiger partial charge in [0.25, 0.3) is 0 Å². The Labute approximate surface area is 167 Å². The Hall–Kier alpha value is -1.48. The third-order valence-electron chi connectivity index (χ3n) is 4.99. The van der Waals surface area contributed by atoms with Crippen LogP contribution in [0, 0.1) is 5.92 Å². The van der Waals surface area contributed by atoms with Crippen molar-refractivity contribution in [3.05, 3.63) is 29.8 Å². The number of piperazine rings is 1. The molecule has 2 unspecified atom stereocenters. The van der Waals surface area contributed by atoms with Gasteiger partial charge in [-0.3, -0.25) is 9.59 Å². The summed E-state index contributed by atoms with van der Waals surface area (Å²) in [6.07, 6.45) is 0.817. The molecule has 1 aliphatic heterocycles. The van der Waals surface area contributed by atoms with Crippen molar-refractivity contribution in [2.45, 2.75) is 38.1 Å². The summed E-state index contributed by atoms with van der Waals surface area (Å²) in [6, 6.07) is 5.37. The lowest BCUT2D eigenvalue weighted by Crippen LogP contribution is -2.55. The van der Waals surface area contributed by atoms with E-state index in [9.17, 15) is 18.0 Å². The molecule has 1 aromatic carbocycles. The lowest BCUT2D eigenvalue weighted by molar-refractivity contribution is -0.134. The minimum Gasteiger partial charge on any atom is -0.339 e. The normalized spacial score (nSPS) is 17.7. The van der Waals surface area contributed by atoms with Gasteiger partial charge < -0.3 is 10.6 Å². The van der Waals surface area contributed by atoms with Crippen molar-refractivity contribution >= 4 is 34.1 Å². The molecule has 2 N–H and O–H groups in total. The fourth-order valence-corrected chi connectivity index (χ4v) is 4.29. The van der Waals surface area contributed by atoms with E-state index in [1.165, 1.54) is 35.5 Å². The van der Waals surface area contributed by atoms with Gasteiger partial charge in [0.2, 0.25) is 15.9 Å². The Kier molecular flexibility index (Phi) is 8.41. The number of nitrogens with zero attached hydrogens (tertiary/aromatic N) is 2. The average Bonchev–Trinajstić information content (AvgIpc) is 2.66. The number of benzene rings is 1. The van der Waals surface area contributed by atoms with Crippen LogP contribution in [0.25, 0.3) is 0 Å². The first-order chi connectivity index (χ1) is 12.2. The van der Waals surface area contributed by atoms with Crippen LogP contribution in [0.4, 0.5) is 0 Å². The predicted octanol–water partition coefficient (Wildman–Crippen LogP) is 1.52. The van der Waals surface area contributed by atoms with Gasteiger partial charge in [-0.15, -0.1) is 12.4 Å². The van der Waals surface area contributed by atoms with Crippen molar-refractivity contribution in [1.82, 2.24) is 9.21 Å². The van der Waals surface area contributed by atoms with Crippen molar-refractivity contribution in [2.24, 2.45) is 11.7 Å². The quantitative estimate of drug-likeness (QED) is 0.707. The summed E-state index contributed by atoms with van der Waals surface area (Å²) in [6.45, 7) is 6.48. The molecular weight excluding hydrogens is 390 g/mol. The Morgan fingerprint density at radius 3 is 2.07 bits per heavy atom. The van der Waals surface area contributed by atoms with E-state index in [0.717, 1.165) is 6.42 Å². The van der Waals surface area contributed by atoms with Gasteiger partial charge in [0, 0.05) is 31.7 Å². The van der Waals surface area contributed by atoms with E-state index in [0.29, 0.717) is 18.7 Å². The van der Waals surface area contributed by atoms with Crippen molar-refractivity contribution in [2.75, 3.05) is 26.2 Å². The molecule has 0 spiro atoms. The fraction of sp³-hybridized carbons (Fsp3) is 0.556. The lowest BCUT2D eigenvalue weighted by Gasteiger charge is -2.36. The van der Waals surface area contributed by atoms with E-state index < -0.39 is 16.1 Å². The highest BCUT2D eigenvalue weighted by atomic mass is 35.5. The van der Waals surface area contributed by atoms with Crippen LogP contribution < -0.4 is 5.73 Å². The molecule has 9 heteroatoms. The maximum Gasteiger partial charge on any atom is 0.243 e. The third kappa shape index (κ3) is 5.28. The minimum atomic E-state index is -3.64. The number of hydrogen-bond acceptors (Lipinski definition) is 5. The largest absolute Gasteiger partial charge is 0.339 e. The molecule has 1 fully saturated rings. The van der Waals surface area contributed by atoms with Crippen molar-refractivity contribution < 1.29 is 18.0 Å². The molecule has 2 atom stereocenters. The first-order valence-corrected chi connectivity index (χ1v) is 10.3. The van der Waals surface area contributed by atoms with Crippen LogP contribution in [0.3, 0.4) is 0 Å². The second-order valence-corrected chi connectivity index (χ2v) is 8.66. The fourth-order valence-electron chi connectivity index (χ4n) is 2.87. The molecule has 0 radical (unpaired) electrons. The van der Waals surface area contributed by atoms with Gasteiger partial charge in [0.1, 0.15) is 0 Å². The molecule has 27 heavy (non-hydrogen) atoms. The highest BCUT2D eigenvalue weighted by Gasteiger charge is 2.32. The number of nitrogens with two attached hydrogens (primary N) is 1. The number of Topliss-reactive ketones (excluding diaryl/α,β-unsaturated/α-hetero) is 1. The molecule has 0 bridgehead atoms. The Morgan fingerprint density at radius 1 is 1.11 bits per heavy atom. The second-order valence-electron chi connectivity index (χ2n) is 6.72. The maximum absolute atomic E-state index is 12.7. The number of sulfonamides is 1. The summed E-state index contributed by atoms with van der Waals surface area (Å²) >= 11 is 0. The van der Waals surface area contributed by atoms with Gasteiger partial charge >= 0.3 is 0 Å². The molecule has 1 aromatic rings. The van der Waals surface area contributed by atoms with Crippen LogP contribution in [0.1, 0.15) is 37.6 Å².